The van der Waals surface area contributed by atoms with Crippen LogP contribution in [0.1, 0.15) is 5.56 Å². The maximum absolute atomic E-state index is 5.33. The van der Waals surface area contributed by atoms with E-state index in [0.29, 0.717) is 0 Å². The van der Waals surface area contributed by atoms with Crippen molar-refractivity contribution in [3.63, 3.8) is 0 Å². The Morgan fingerprint density at radius 2 is 0.812 bits per heavy atom. The molecule has 0 saturated carbocycles. The summed E-state index contributed by atoms with van der Waals surface area (Å²) in [6, 6.07) is 72.6. The fraction of sp³-hybridized carbons (Fsp3) is 0.0227. The van der Waals surface area contributed by atoms with Gasteiger partial charge >= 0.3 is 0 Å². The Labute approximate surface area is 284 Å². The van der Waals surface area contributed by atoms with Gasteiger partial charge in [-0.1, -0.05) is 188 Å². The van der Waals surface area contributed by atoms with Crippen LogP contribution in [0.25, 0.3) is 11.0 Å². The molecule has 0 N–H and O–H groups in total. The Morgan fingerprint density at radius 1 is 0.417 bits per heavy atom. The fourth-order valence-electron chi connectivity index (χ4n) is 7.40. The first-order valence-electron chi connectivity index (χ1n) is 16.6. The first-order chi connectivity index (χ1) is 23.8. The maximum atomic E-state index is 5.33. The highest BCUT2D eigenvalue weighted by atomic mass is 31.1. The molecule has 0 aliphatic carbocycles. The third kappa shape index (κ3) is 5.47. The van der Waals surface area contributed by atoms with Crippen molar-refractivity contribution < 1.29 is 0 Å². The monoisotopic (exact) mass is 633 g/mol. The minimum absolute atomic E-state index is 0.733. The van der Waals surface area contributed by atoms with E-state index >= 15 is 0 Å². The highest BCUT2D eigenvalue weighted by Crippen LogP contribution is 2.34. The second kappa shape index (κ2) is 13.3. The highest BCUT2D eigenvalue weighted by molar-refractivity contribution is 7.79. The summed E-state index contributed by atoms with van der Waals surface area (Å²) in [5.41, 5.74) is 9.78. The van der Waals surface area contributed by atoms with Gasteiger partial charge in [-0.05, 0) is 28.3 Å². The quantitative estimate of drug-likeness (QED) is 0.136. The molecule has 0 radical (unpaired) electrons. The number of hydrogen-bond donors (Lipinski definition) is 0. The summed E-state index contributed by atoms with van der Waals surface area (Å²) >= 11 is 0. The molecule has 8 aromatic rings. The summed E-state index contributed by atoms with van der Waals surface area (Å²) in [4.78, 5) is 5.33. The fourth-order valence-corrected chi connectivity index (χ4v) is 9.73. The maximum Gasteiger partial charge on any atom is 0.142 e. The highest BCUT2D eigenvalue weighted by Gasteiger charge is 2.31. The number of para-hydroxylation sites is 2. The van der Waals surface area contributed by atoms with Crippen LogP contribution in [0.5, 0.6) is 0 Å². The zero-order chi connectivity index (χ0) is 32.2. The number of benzene rings is 7. The lowest BCUT2D eigenvalue weighted by molar-refractivity contribution is 0.854. The number of fused-ring (bicyclic) bond motifs is 1. The van der Waals surface area contributed by atoms with Crippen molar-refractivity contribution in [2.24, 2.45) is 0 Å². The van der Waals surface area contributed by atoms with Crippen LogP contribution in [0.2, 0.25) is 0 Å². The standard InChI is InChI=1S/C44H35BN2P/c1-6-18-36(19-7-1)45(37-20-8-2-9-21-37,38-22-10-3-11-23-38)39-32-30-35(31-33-39)34-47-43-29-17-16-28-42(43)46-44(47)48(40-24-12-4-13-25-40)41-26-14-5-15-27-41/h1-33H,34H2/q-1. The van der Waals surface area contributed by atoms with Gasteiger partial charge in [0.25, 0.3) is 0 Å². The van der Waals surface area contributed by atoms with Crippen molar-refractivity contribution >= 4 is 63.1 Å². The van der Waals surface area contributed by atoms with Crippen molar-refractivity contribution in [3.8, 4) is 0 Å². The van der Waals surface area contributed by atoms with Crippen LogP contribution in [0.3, 0.4) is 0 Å². The molecule has 2 nitrogen and oxygen atoms in total. The average Bonchev–Trinajstić information content (AvgIpc) is 3.52. The van der Waals surface area contributed by atoms with Crippen LogP contribution < -0.4 is 38.0 Å². The molecule has 0 bridgehead atoms. The smallest absolute Gasteiger partial charge is 0.142 e. The summed E-state index contributed by atoms with van der Waals surface area (Å²) in [7, 11) is -0.871. The first kappa shape index (κ1) is 29.9. The van der Waals surface area contributed by atoms with Crippen LogP contribution in [0.15, 0.2) is 200 Å². The molecule has 1 aromatic heterocycles. The van der Waals surface area contributed by atoms with Crippen LogP contribution in [0, 0.1) is 0 Å². The van der Waals surface area contributed by atoms with E-state index in [1.165, 1.54) is 38.0 Å². The number of imidazole rings is 1. The summed E-state index contributed by atoms with van der Waals surface area (Å²) < 4.78 is 2.44. The Morgan fingerprint density at radius 3 is 1.29 bits per heavy atom. The first-order valence-corrected chi connectivity index (χ1v) is 17.9. The molecule has 0 amide bonds. The van der Waals surface area contributed by atoms with Crippen LogP contribution >= 0.6 is 7.92 Å². The average molecular weight is 634 g/mol. The zero-order valence-electron chi connectivity index (χ0n) is 26.7. The Bertz CT molecular complexity index is 2100. The van der Waals surface area contributed by atoms with Crippen molar-refractivity contribution in [2.75, 3.05) is 0 Å². The van der Waals surface area contributed by atoms with Gasteiger partial charge in [-0.15, -0.1) is 0 Å². The van der Waals surface area contributed by atoms with E-state index in [9.17, 15) is 0 Å². The van der Waals surface area contributed by atoms with E-state index in [1.54, 1.807) is 0 Å². The van der Waals surface area contributed by atoms with E-state index in [-0.39, 0.29) is 0 Å². The molecular weight excluding hydrogens is 598 g/mol. The zero-order valence-corrected chi connectivity index (χ0v) is 27.6. The van der Waals surface area contributed by atoms with E-state index in [0.717, 1.165) is 23.1 Å². The van der Waals surface area contributed by atoms with Gasteiger partial charge in [-0.3, -0.25) is 0 Å². The Balaban J connectivity index is 1.27. The van der Waals surface area contributed by atoms with Crippen molar-refractivity contribution in [1.82, 2.24) is 9.55 Å². The molecule has 0 aliphatic heterocycles. The largest absolute Gasteiger partial charge is 0.319 e. The van der Waals surface area contributed by atoms with Crippen LogP contribution in [0.4, 0.5) is 0 Å². The second-order valence-corrected chi connectivity index (χ2v) is 14.4. The molecule has 0 fully saturated rings. The van der Waals surface area contributed by atoms with Crippen LogP contribution in [-0.2, 0) is 6.54 Å². The molecule has 0 spiro atoms. The predicted molar refractivity (Wildman–Crippen MR) is 208 cm³/mol. The van der Waals surface area contributed by atoms with E-state index in [2.05, 4.69) is 205 Å². The Hall–Kier alpha value is -5.50. The molecule has 48 heavy (non-hydrogen) atoms. The minimum atomic E-state index is -1.42. The molecule has 0 saturated heterocycles. The summed E-state index contributed by atoms with van der Waals surface area (Å²) in [6.07, 6.45) is -1.42. The summed E-state index contributed by atoms with van der Waals surface area (Å²) in [5, 5.41) is 2.60. The molecular formula is C44H35BN2P-. The summed E-state index contributed by atoms with van der Waals surface area (Å²) in [6.45, 7) is 0.733. The molecule has 1 heterocycles. The van der Waals surface area contributed by atoms with Gasteiger partial charge in [0.1, 0.15) is 11.7 Å². The second-order valence-electron chi connectivity index (χ2n) is 12.3. The topological polar surface area (TPSA) is 17.8 Å². The number of rotatable bonds is 9. The predicted octanol–water partition coefficient (Wildman–Crippen LogP) is 6.22. The third-order valence-electron chi connectivity index (χ3n) is 9.58. The molecule has 4 heteroatoms. The lowest BCUT2D eigenvalue weighted by Gasteiger charge is -2.44. The molecule has 7 aromatic carbocycles. The van der Waals surface area contributed by atoms with Crippen LogP contribution in [-0.4, -0.2) is 15.7 Å². The van der Waals surface area contributed by atoms with Gasteiger partial charge in [0.2, 0.25) is 0 Å². The molecule has 8 rings (SSSR count). The van der Waals surface area contributed by atoms with Gasteiger partial charge < -0.3 is 4.57 Å². The van der Waals surface area contributed by atoms with Gasteiger partial charge in [-0.2, -0.15) is 21.9 Å². The normalized spacial score (nSPS) is 11.6. The van der Waals surface area contributed by atoms with E-state index in [1.807, 2.05) is 0 Å². The molecule has 0 unspecified atom stereocenters. The van der Waals surface area contributed by atoms with Crippen molar-refractivity contribution in [1.29, 1.82) is 0 Å². The molecule has 0 atom stereocenters. The van der Waals surface area contributed by atoms with Gasteiger partial charge in [0.05, 0.1) is 11.0 Å². The molecule has 230 valence electrons. The SMILES string of the molecule is c1ccc(P(c2ccccc2)c2nc3ccccc3n2Cc2ccc([B-](c3ccccc3)(c3ccccc3)c3ccccc3)cc2)cc1. The summed E-state index contributed by atoms with van der Waals surface area (Å²) in [5.74, 6) is 0. The lowest BCUT2D eigenvalue weighted by Crippen LogP contribution is -2.74. The third-order valence-corrected chi connectivity index (χ3v) is 12.0. The van der Waals surface area contributed by atoms with E-state index < -0.39 is 14.1 Å². The number of nitrogens with zero attached hydrogens (tertiary/aromatic N) is 2. The number of hydrogen-bond acceptors (Lipinski definition) is 1. The lowest BCUT2D eigenvalue weighted by atomic mass is 9.13. The van der Waals surface area contributed by atoms with Gasteiger partial charge in [0.15, 0.2) is 0 Å². The Kier molecular flexibility index (Phi) is 8.29. The van der Waals surface area contributed by atoms with Gasteiger partial charge in [0, 0.05) is 14.5 Å². The van der Waals surface area contributed by atoms with Gasteiger partial charge in [-0.25, -0.2) is 4.98 Å². The molecule has 0 aliphatic rings. The van der Waals surface area contributed by atoms with Crippen molar-refractivity contribution in [2.45, 2.75) is 6.54 Å². The minimum Gasteiger partial charge on any atom is -0.319 e. The van der Waals surface area contributed by atoms with E-state index in [4.69, 9.17) is 4.98 Å². The van der Waals surface area contributed by atoms with Crippen molar-refractivity contribution in [3.05, 3.63) is 206 Å². The number of aromatic nitrogens is 2.